The fraction of sp³-hybridized carbons (Fsp3) is 0.500. The zero-order chi connectivity index (χ0) is 19.3. The molecule has 12 heteroatoms. The average Bonchev–Trinajstić information content (AvgIpc) is 2.62. The van der Waals surface area contributed by atoms with Crippen molar-refractivity contribution in [1.29, 1.82) is 0 Å². The molecule has 26 heavy (non-hydrogen) atoms. The summed E-state index contributed by atoms with van der Waals surface area (Å²) in [4.78, 5) is 11.2. The number of hydrogen-bond donors (Lipinski definition) is 7. The average molecular weight is 391 g/mol. The highest BCUT2D eigenvalue weighted by atomic mass is 32.2. The van der Waals surface area contributed by atoms with E-state index in [0.29, 0.717) is 5.69 Å². The highest BCUT2D eigenvalue weighted by Crippen LogP contribution is 2.25. The zero-order valence-corrected chi connectivity index (χ0v) is 14.5. The summed E-state index contributed by atoms with van der Waals surface area (Å²) < 4.78 is 32.4. The van der Waals surface area contributed by atoms with Crippen LogP contribution in [-0.4, -0.2) is 74.4 Å². The molecule has 2 amide bonds. The molecule has 11 nitrogen and oxygen atoms in total. The van der Waals surface area contributed by atoms with Crippen LogP contribution in [0.3, 0.4) is 0 Å². The van der Waals surface area contributed by atoms with Crippen molar-refractivity contribution in [2.75, 3.05) is 18.9 Å². The van der Waals surface area contributed by atoms with E-state index in [0.717, 1.165) is 0 Å². The molecule has 0 bridgehead atoms. The quantitative estimate of drug-likeness (QED) is 0.283. The summed E-state index contributed by atoms with van der Waals surface area (Å²) in [6, 6.07) is 5.74. The number of benzene rings is 1. The van der Waals surface area contributed by atoms with Crippen molar-refractivity contribution < 1.29 is 38.3 Å². The molecule has 2 rings (SSSR count). The summed E-state index contributed by atoms with van der Waals surface area (Å²) in [5, 5.41) is 34.8. The van der Waals surface area contributed by atoms with Crippen LogP contribution in [0.25, 0.3) is 0 Å². The van der Waals surface area contributed by atoms with Gasteiger partial charge < -0.3 is 35.4 Å². The van der Waals surface area contributed by atoms with Crippen LogP contribution < -0.4 is 20.1 Å². The normalized spacial score (nSPS) is 29.7. The van der Waals surface area contributed by atoms with Crippen LogP contribution in [0, 0.1) is 0 Å². The Kier molecular flexibility index (Phi) is 7.28. The number of carbonyl (C=O) groups is 1. The molecule has 1 fully saturated rings. The molecule has 1 heterocycles. The van der Waals surface area contributed by atoms with Crippen LogP contribution in [-0.2, 0) is 16.0 Å². The first kappa shape index (κ1) is 20.5. The standard InChI is InChI=1S/C14H21N3O8S/c1-15-14(21)17-7-2-4-8(5-3-7)24-13-12(20)11(19)10(18)9(25-13)6-16-26(22)23/h2-5,9-13,16,18-20H,6H2,1H3,(H,22,23)(H2,15,17,21)/t9-,10-,11+,12+,13?/m1/s1. The Morgan fingerprint density at radius 3 is 2.42 bits per heavy atom. The minimum atomic E-state index is -2.33. The summed E-state index contributed by atoms with van der Waals surface area (Å²) in [7, 11) is 1.48. The summed E-state index contributed by atoms with van der Waals surface area (Å²) >= 11 is -2.33. The van der Waals surface area contributed by atoms with Crippen LogP contribution in [0.4, 0.5) is 10.5 Å². The minimum Gasteiger partial charge on any atom is -0.462 e. The van der Waals surface area contributed by atoms with Crippen molar-refractivity contribution in [3.8, 4) is 5.75 Å². The number of hydrogen-bond acceptors (Lipinski definition) is 7. The van der Waals surface area contributed by atoms with Crippen molar-refractivity contribution in [1.82, 2.24) is 10.0 Å². The van der Waals surface area contributed by atoms with E-state index in [-0.39, 0.29) is 12.3 Å². The van der Waals surface area contributed by atoms with E-state index >= 15 is 0 Å². The Balaban J connectivity index is 2.02. The molecular formula is C14H21N3O8S. The molecule has 1 saturated heterocycles. The Morgan fingerprint density at radius 1 is 1.19 bits per heavy atom. The van der Waals surface area contributed by atoms with Gasteiger partial charge in [0.05, 0.1) is 0 Å². The van der Waals surface area contributed by atoms with Gasteiger partial charge in [0, 0.05) is 19.3 Å². The topological polar surface area (TPSA) is 170 Å². The number of ether oxygens (including phenoxy) is 2. The first-order valence-electron chi connectivity index (χ1n) is 7.61. The molecule has 0 aliphatic carbocycles. The number of carbonyl (C=O) groups excluding carboxylic acids is 1. The van der Waals surface area contributed by atoms with Gasteiger partial charge in [0.1, 0.15) is 30.2 Å². The van der Waals surface area contributed by atoms with Crippen LogP contribution in [0.2, 0.25) is 0 Å². The van der Waals surface area contributed by atoms with E-state index < -0.39 is 48.0 Å². The van der Waals surface area contributed by atoms with Gasteiger partial charge in [-0.25, -0.2) is 13.7 Å². The third-order valence-electron chi connectivity index (χ3n) is 3.67. The Hall–Kier alpha value is -1.80. The molecule has 6 atom stereocenters. The predicted octanol–water partition coefficient (Wildman–Crippen LogP) is -1.65. The molecule has 1 aliphatic heterocycles. The van der Waals surface area contributed by atoms with Gasteiger partial charge in [0.2, 0.25) is 17.6 Å². The van der Waals surface area contributed by atoms with E-state index in [1.807, 2.05) is 0 Å². The molecule has 146 valence electrons. The number of urea groups is 1. The maximum atomic E-state index is 11.2. The summed E-state index contributed by atoms with van der Waals surface area (Å²) in [6.45, 7) is -0.247. The van der Waals surface area contributed by atoms with Crippen LogP contribution in [0.15, 0.2) is 24.3 Å². The van der Waals surface area contributed by atoms with Crippen LogP contribution in [0.5, 0.6) is 5.75 Å². The lowest BCUT2D eigenvalue weighted by atomic mass is 9.99. The first-order chi connectivity index (χ1) is 12.3. The lowest BCUT2D eigenvalue weighted by Gasteiger charge is -2.40. The predicted molar refractivity (Wildman–Crippen MR) is 90.6 cm³/mol. The van der Waals surface area contributed by atoms with E-state index in [9.17, 15) is 24.3 Å². The number of anilines is 1. The highest BCUT2D eigenvalue weighted by molar-refractivity contribution is 7.77. The smallest absolute Gasteiger partial charge is 0.318 e. The van der Waals surface area contributed by atoms with Gasteiger partial charge in [-0.3, -0.25) is 4.55 Å². The Morgan fingerprint density at radius 2 is 1.85 bits per heavy atom. The van der Waals surface area contributed by atoms with E-state index in [1.165, 1.54) is 19.2 Å². The van der Waals surface area contributed by atoms with E-state index in [1.54, 1.807) is 12.1 Å². The van der Waals surface area contributed by atoms with Gasteiger partial charge in [-0.2, -0.15) is 0 Å². The lowest BCUT2D eigenvalue weighted by Crippen LogP contribution is -2.61. The van der Waals surface area contributed by atoms with Crippen molar-refractivity contribution in [3.05, 3.63) is 24.3 Å². The SMILES string of the molecule is CNC(=O)Nc1ccc(OC2O[C@H](CNS(=O)O)[C@@H](O)[C@H](O)[C@@H]2O)cc1. The second kappa shape index (κ2) is 9.23. The number of nitrogens with one attached hydrogen (secondary N) is 3. The third kappa shape index (κ3) is 5.35. The molecule has 0 aromatic heterocycles. The van der Waals surface area contributed by atoms with Gasteiger partial charge in [-0.15, -0.1) is 0 Å². The van der Waals surface area contributed by atoms with Gasteiger partial charge >= 0.3 is 6.03 Å². The second-order valence-corrected chi connectivity index (χ2v) is 6.25. The van der Waals surface area contributed by atoms with Gasteiger partial charge in [0.15, 0.2) is 0 Å². The molecule has 1 aliphatic rings. The van der Waals surface area contributed by atoms with Crippen LogP contribution in [0.1, 0.15) is 0 Å². The zero-order valence-electron chi connectivity index (χ0n) is 13.7. The summed E-state index contributed by atoms with van der Waals surface area (Å²) in [6.07, 6.45) is -6.97. The fourth-order valence-electron chi connectivity index (χ4n) is 2.28. The maximum Gasteiger partial charge on any atom is 0.318 e. The largest absolute Gasteiger partial charge is 0.462 e. The van der Waals surface area contributed by atoms with Gasteiger partial charge in [-0.05, 0) is 24.3 Å². The van der Waals surface area contributed by atoms with E-state index in [2.05, 4.69) is 15.4 Å². The molecule has 2 unspecified atom stereocenters. The van der Waals surface area contributed by atoms with Gasteiger partial charge in [-0.1, -0.05) is 0 Å². The van der Waals surface area contributed by atoms with E-state index in [4.69, 9.17) is 14.0 Å². The summed E-state index contributed by atoms with van der Waals surface area (Å²) in [5.74, 6) is 0.276. The molecule has 1 aromatic carbocycles. The van der Waals surface area contributed by atoms with Crippen molar-refractivity contribution in [3.63, 3.8) is 0 Å². The Labute approximate surface area is 151 Å². The molecule has 0 spiro atoms. The molecule has 0 radical (unpaired) electrons. The van der Waals surface area contributed by atoms with Crippen molar-refractivity contribution in [2.24, 2.45) is 0 Å². The monoisotopic (exact) mass is 391 g/mol. The van der Waals surface area contributed by atoms with Gasteiger partial charge in [0.25, 0.3) is 0 Å². The Bertz CT molecular complexity index is 631. The molecule has 7 N–H and O–H groups in total. The second-order valence-electron chi connectivity index (χ2n) is 5.46. The number of aliphatic hydroxyl groups excluding tert-OH is 3. The maximum absolute atomic E-state index is 11.2. The fourth-order valence-corrected chi connectivity index (χ4v) is 2.59. The number of aliphatic hydroxyl groups is 3. The molecular weight excluding hydrogens is 370 g/mol. The number of amides is 2. The highest BCUT2D eigenvalue weighted by Gasteiger charge is 2.44. The van der Waals surface area contributed by atoms with Crippen molar-refractivity contribution >= 4 is 23.0 Å². The van der Waals surface area contributed by atoms with Crippen molar-refractivity contribution in [2.45, 2.75) is 30.7 Å². The number of rotatable bonds is 6. The molecule has 1 aromatic rings. The lowest BCUT2D eigenvalue weighted by molar-refractivity contribution is -0.270. The summed E-state index contributed by atoms with van der Waals surface area (Å²) in [5.41, 5.74) is 0.504. The third-order valence-corrected chi connectivity index (χ3v) is 4.08. The minimum absolute atomic E-state index is 0.247. The first-order valence-corrected chi connectivity index (χ1v) is 8.72. The van der Waals surface area contributed by atoms with Crippen LogP contribution >= 0.6 is 0 Å². The molecule has 0 saturated carbocycles.